The molecule has 6 rings (SSSR count). The number of nitrogens with zero attached hydrogens (tertiary/aromatic N) is 2. The number of rotatable bonds is 5. The largest absolute Gasteiger partial charge is 0.372 e. The Bertz CT molecular complexity index is 1340. The van der Waals surface area contributed by atoms with E-state index in [1.54, 1.807) is 0 Å². The van der Waals surface area contributed by atoms with Gasteiger partial charge in [-0.25, -0.2) is 0 Å². The maximum absolute atomic E-state index is 6.34. The highest BCUT2D eigenvalue weighted by molar-refractivity contribution is 5.87. The van der Waals surface area contributed by atoms with Crippen LogP contribution in [0, 0.1) is 0 Å². The Balaban J connectivity index is 1.20. The topological polar surface area (TPSA) is 15.7 Å². The molecular weight excluding hydrogens is 440 g/mol. The van der Waals surface area contributed by atoms with E-state index in [0.29, 0.717) is 6.04 Å². The van der Waals surface area contributed by atoms with Gasteiger partial charge in [-0.3, -0.25) is 9.80 Å². The molecule has 3 heteroatoms. The average Bonchev–Trinajstić information content (AvgIpc) is 2.94. The van der Waals surface area contributed by atoms with Crippen molar-refractivity contribution in [3.63, 3.8) is 0 Å². The van der Waals surface area contributed by atoms with Crippen LogP contribution in [0.25, 0.3) is 21.9 Å². The van der Waals surface area contributed by atoms with Gasteiger partial charge in [0.05, 0.1) is 0 Å². The Morgan fingerprint density at radius 1 is 0.778 bits per heavy atom. The summed E-state index contributed by atoms with van der Waals surface area (Å²) >= 11 is 0. The van der Waals surface area contributed by atoms with Crippen molar-refractivity contribution in [3.05, 3.63) is 108 Å². The van der Waals surface area contributed by atoms with Gasteiger partial charge in [-0.15, -0.1) is 0 Å². The molecule has 1 aliphatic heterocycles. The van der Waals surface area contributed by atoms with Crippen LogP contribution >= 0.6 is 0 Å². The van der Waals surface area contributed by atoms with E-state index in [0.717, 1.165) is 45.6 Å². The molecular formula is C33H36N2O. The summed E-state index contributed by atoms with van der Waals surface area (Å²) < 4.78 is 6.34. The Labute approximate surface area is 215 Å². The Kier molecular flexibility index (Phi) is 6.39. The molecule has 2 unspecified atom stereocenters. The standard InChI is InChI=1S/C33H36N2O/c1-33(36-2)31-16-14-29(28-13-12-26-10-6-7-11-27(26)22-28)23-30(31)15-17-32(33)35-20-18-34(19-21-35)24-25-8-4-3-5-9-25/h3-14,16,22-23,32H,15,17-21,24H2,1-2H3. The van der Waals surface area contributed by atoms with E-state index >= 15 is 0 Å². The predicted molar refractivity (Wildman–Crippen MR) is 149 cm³/mol. The van der Waals surface area contributed by atoms with Crippen LogP contribution in [-0.2, 0) is 23.3 Å². The summed E-state index contributed by atoms with van der Waals surface area (Å²) in [5.74, 6) is 0. The molecule has 36 heavy (non-hydrogen) atoms. The molecule has 0 N–H and O–H groups in total. The summed E-state index contributed by atoms with van der Waals surface area (Å²) in [5, 5.41) is 2.58. The van der Waals surface area contributed by atoms with Crippen LogP contribution in [0.15, 0.2) is 91.0 Å². The van der Waals surface area contributed by atoms with Crippen molar-refractivity contribution in [1.82, 2.24) is 9.80 Å². The van der Waals surface area contributed by atoms with Gasteiger partial charge in [0.2, 0.25) is 0 Å². The predicted octanol–water partition coefficient (Wildman–Crippen LogP) is 6.50. The van der Waals surface area contributed by atoms with Crippen molar-refractivity contribution in [2.75, 3.05) is 33.3 Å². The summed E-state index contributed by atoms with van der Waals surface area (Å²) in [5.41, 5.74) is 6.48. The normalized spacial score (nSPS) is 23.0. The van der Waals surface area contributed by atoms with Gasteiger partial charge in [0.25, 0.3) is 0 Å². The molecule has 1 heterocycles. The molecule has 0 bridgehead atoms. The van der Waals surface area contributed by atoms with Crippen molar-refractivity contribution >= 4 is 10.8 Å². The van der Waals surface area contributed by atoms with Crippen LogP contribution in [0.4, 0.5) is 0 Å². The number of ether oxygens (including phenoxy) is 1. The van der Waals surface area contributed by atoms with Gasteiger partial charge in [-0.2, -0.15) is 0 Å². The minimum Gasteiger partial charge on any atom is -0.372 e. The lowest BCUT2D eigenvalue weighted by atomic mass is 9.74. The summed E-state index contributed by atoms with van der Waals surface area (Å²) in [6.07, 6.45) is 2.24. The fourth-order valence-corrected chi connectivity index (χ4v) is 6.43. The molecule has 2 aliphatic rings. The molecule has 1 aliphatic carbocycles. The number of hydrogen-bond donors (Lipinski definition) is 0. The second kappa shape index (κ2) is 9.82. The van der Waals surface area contributed by atoms with Crippen LogP contribution in [0.2, 0.25) is 0 Å². The van der Waals surface area contributed by atoms with Gasteiger partial charge < -0.3 is 4.74 Å². The highest BCUT2D eigenvalue weighted by atomic mass is 16.5. The molecule has 184 valence electrons. The lowest BCUT2D eigenvalue weighted by Gasteiger charge is -2.49. The number of aryl methyl sites for hydroxylation is 1. The minimum atomic E-state index is -0.295. The zero-order chi connectivity index (χ0) is 24.5. The van der Waals surface area contributed by atoms with E-state index in [4.69, 9.17) is 4.74 Å². The fourth-order valence-electron chi connectivity index (χ4n) is 6.43. The number of methoxy groups -OCH3 is 1. The van der Waals surface area contributed by atoms with Gasteiger partial charge in [-0.05, 0) is 64.4 Å². The number of hydrogen-bond acceptors (Lipinski definition) is 3. The van der Waals surface area contributed by atoms with E-state index in [2.05, 4.69) is 108 Å². The first kappa shape index (κ1) is 23.4. The zero-order valence-electron chi connectivity index (χ0n) is 21.5. The highest BCUT2D eigenvalue weighted by Gasteiger charge is 2.44. The molecule has 4 aromatic carbocycles. The second-order valence-corrected chi connectivity index (χ2v) is 10.6. The molecule has 0 radical (unpaired) electrons. The van der Waals surface area contributed by atoms with Crippen LogP contribution in [0.1, 0.15) is 30.0 Å². The molecule has 4 aromatic rings. The Morgan fingerprint density at radius 3 is 2.25 bits per heavy atom. The van der Waals surface area contributed by atoms with Gasteiger partial charge in [-0.1, -0.05) is 84.9 Å². The zero-order valence-corrected chi connectivity index (χ0v) is 21.5. The first-order chi connectivity index (χ1) is 17.6. The molecule has 0 aromatic heterocycles. The smallest absolute Gasteiger partial charge is 0.106 e. The van der Waals surface area contributed by atoms with E-state index in [-0.39, 0.29) is 5.60 Å². The van der Waals surface area contributed by atoms with E-state index < -0.39 is 0 Å². The summed E-state index contributed by atoms with van der Waals surface area (Å²) in [6.45, 7) is 7.77. The molecule has 1 fully saturated rings. The van der Waals surface area contributed by atoms with Crippen molar-refractivity contribution in [2.45, 2.75) is 38.0 Å². The summed E-state index contributed by atoms with van der Waals surface area (Å²) in [4.78, 5) is 5.27. The number of piperazine rings is 1. The third kappa shape index (κ3) is 4.37. The van der Waals surface area contributed by atoms with Gasteiger partial charge in [0.1, 0.15) is 5.60 Å². The highest BCUT2D eigenvalue weighted by Crippen LogP contribution is 2.42. The fraction of sp³-hybridized carbons (Fsp3) is 0.333. The van der Waals surface area contributed by atoms with Gasteiger partial charge >= 0.3 is 0 Å². The molecule has 0 amide bonds. The van der Waals surface area contributed by atoms with Crippen molar-refractivity contribution in [2.24, 2.45) is 0 Å². The van der Waals surface area contributed by atoms with Crippen molar-refractivity contribution in [3.8, 4) is 11.1 Å². The van der Waals surface area contributed by atoms with E-state index in [1.807, 2.05) is 7.11 Å². The first-order valence-electron chi connectivity index (χ1n) is 13.3. The molecule has 1 saturated heterocycles. The van der Waals surface area contributed by atoms with Crippen LogP contribution < -0.4 is 0 Å². The third-order valence-corrected chi connectivity index (χ3v) is 8.57. The maximum atomic E-state index is 6.34. The van der Waals surface area contributed by atoms with Crippen LogP contribution in [0.3, 0.4) is 0 Å². The van der Waals surface area contributed by atoms with Crippen molar-refractivity contribution in [1.29, 1.82) is 0 Å². The van der Waals surface area contributed by atoms with Crippen LogP contribution in [0.5, 0.6) is 0 Å². The van der Waals surface area contributed by atoms with Crippen molar-refractivity contribution < 1.29 is 4.74 Å². The molecule has 2 atom stereocenters. The maximum Gasteiger partial charge on any atom is 0.106 e. The minimum absolute atomic E-state index is 0.295. The van der Waals surface area contributed by atoms with Crippen LogP contribution in [-0.4, -0.2) is 49.1 Å². The lowest BCUT2D eigenvalue weighted by molar-refractivity contribution is -0.0899. The quantitative estimate of drug-likeness (QED) is 0.327. The summed E-state index contributed by atoms with van der Waals surface area (Å²) in [7, 11) is 1.89. The summed E-state index contributed by atoms with van der Waals surface area (Å²) in [6, 6.07) is 33.7. The Hall–Kier alpha value is -2.98. The first-order valence-corrected chi connectivity index (χ1v) is 13.3. The van der Waals surface area contributed by atoms with Gasteiger partial charge in [0.15, 0.2) is 0 Å². The second-order valence-electron chi connectivity index (χ2n) is 10.6. The third-order valence-electron chi connectivity index (χ3n) is 8.57. The van der Waals surface area contributed by atoms with Gasteiger partial charge in [0, 0.05) is 45.9 Å². The lowest BCUT2D eigenvalue weighted by Crippen LogP contribution is -2.58. The molecule has 0 spiro atoms. The number of fused-ring (bicyclic) bond motifs is 2. The monoisotopic (exact) mass is 476 g/mol. The van der Waals surface area contributed by atoms with E-state index in [1.165, 1.54) is 38.6 Å². The molecule has 3 nitrogen and oxygen atoms in total. The SMILES string of the molecule is COC1(C)c2ccc(-c3ccc4ccccc4c3)cc2CCC1N1CCN(Cc2ccccc2)CC1. The Morgan fingerprint density at radius 2 is 1.47 bits per heavy atom. The van der Waals surface area contributed by atoms with E-state index in [9.17, 15) is 0 Å². The molecule has 0 saturated carbocycles. The average molecular weight is 477 g/mol. The number of benzene rings is 4.